The lowest BCUT2D eigenvalue weighted by Crippen LogP contribution is -2.65. The molecule has 0 radical (unpaired) electrons. The smallest absolute Gasteiger partial charge is 0.371 e. The number of hydrogen-bond donors (Lipinski definition) is 4. The summed E-state index contributed by atoms with van der Waals surface area (Å²) in [6, 6.07) is -2.07. The lowest BCUT2D eigenvalue weighted by Gasteiger charge is -2.49. The number of ether oxygens (including phenoxy) is 1. The van der Waals surface area contributed by atoms with Crippen LogP contribution in [0.2, 0.25) is 6.04 Å². The first-order valence-electron chi connectivity index (χ1n) is 9.31. The Bertz CT molecular complexity index is 460. The summed E-state index contributed by atoms with van der Waals surface area (Å²) in [6.45, 7) is 10.6. The fourth-order valence-corrected chi connectivity index (χ4v) is 7.83. The van der Waals surface area contributed by atoms with Gasteiger partial charge in [0.25, 0.3) is 0 Å². The van der Waals surface area contributed by atoms with Gasteiger partial charge in [-0.25, -0.2) is 14.4 Å². The van der Waals surface area contributed by atoms with Gasteiger partial charge in [-0.05, 0) is 39.7 Å². The summed E-state index contributed by atoms with van der Waals surface area (Å²) in [5, 5.41) is 3.01. The Kier molecular flexibility index (Phi) is 11.9. The number of hydrogen-bond acceptors (Lipinski definition) is 6. The molecule has 6 N–H and O–H groups in total. The summed E-state index contributed by atoms with van der Waals surface area (Å²) < 4.78 is 18.5. The van der Waals surface area contributed by atoms with Crippen molar-refractivity contribution in [3.8, 4) is 0 Å². The highest BCUT2D eigenvalue weighted by Crippen LogP contribution is 2.42. The molecule has 0 aliphatic carbocycles. The minimum absolute atomic E-state index is 0.119. The van der Waals surface area contributed by atoms with E-state index in [1.165, 1.54) is 12.8 Å². The Labute approximate surface area is 161 Å². The van der Waals surface area contributed by atoms with E-state index in [9.17, 15) is 14.4 Å². The molecule has 11 heteroatoms. The first-order valence-corrected chi connectivity index (χ1v) is 11.3. The first-order chi connectivity index (χ1) is 12.7. The molecule has 0 bridgehead atoms. The molecule has 158 valence electrons. The summed E-state index contributed by atoms with van der Waals surface area (Å²) in [4.78, 5) is 30.0. The molecule has 0 aromatic rings. The highest BCUT2D eigenvalue weighted by molar-refractivity contribution is 6.70. The molecule has 0 aromatic carbocycles. The molecule has 1 saturated heterocycles. The summed E-state index contributed by atoms with van der Waals surface area (Å²) in [7, 11) is -2.21. The highest BCUT2D eigenvalue weighted by atomic mass is 28.4. The Morgan fingerprint density at radius 2 is 1.44 bits per heavy atom. The Morgan fingerprint density at radius 3 is 1.81 bits per heavy atom. The van der Waals surface area contributed by atoms with Crippen LogP contribution in [0.3, 0.4) is 0 Å². The van der Waals surface area contributed by atoms with E-state index in [0.717, 1.165) is 38.7 Å². The fraction of sp³-hybridized carbons (Fsp3) is 0.812. The minimum atomic E-state index is -2.21. The van der Waals surface area contributed by atoms with Crippen LogP contribution in [0.4, 0.5) is 14.4 Å². The standard InChI is InChI=1S/C13H28O3Si.C3H6N4O3/c1-5-13(14-6-2)11-9-10-12-17(13,15-7-3)16-8-4;4-1(8)6-3(10)7-2(5)9/h5-12H2,1-4H3;(H6,4,5,6,7,8,9,10). The second-order valence-corrected chi connectivity index (χ2v) is 9.41. The lowest BCUT2D eigenvalue weighted by atomic mass is 10.1. The van der Waals surface area contributed by atoms with Crippen LogP contribution in [0.25, 0.3) is 0 Å². The van der Waals surface area contributed by atoms with Gasteiger partial charge >= 0.3 is 26.7 Å². The van der Waals surface area contributed by atoms with Crippen molar-refractivity contribution >= 4 is 26.7 Å². The lowest BCUT2D eigenvalue weighted by molar-refractivity contribution is -0.0426. The van der Waals surface area contributed by atoms with Gasteiger partial charge in [0, 0.05) is 19.8 Å². The molecule has 0 aromatic heterocycles. The molecule has 27 heavy (non-hydrogen) atoms. The zero-order valence-electron chi connectivity index (χ0n) is 16.8. The van der Waals surface area contributed by atoms with Crippen molar-refractivity contribution in [1.82, 2.24) is 10.6 Å². The van der Waals surface area contributed by atoms with Crippen LogP contribution in [-0.4, -0.2) is 51.7 Å². The molecular formula is C16H34N4O6Si. The molecule has 1 unspecified atom stereocenters. The van der Waals surface area contributed by atoms with E-state index in [2.05, 4.69) is 39.2 Å². The van der Waals surface area contributed by atoms with Crippen LogP contribution in [0, 0.1) is 0 Å². The van der Waals surface area contributed by atoms with E-state index < -0.39 is 26.7 Å². The molecule has 10 nitrogen and oxygen atoms in total. The predicted octanol–water partition coefficient (Wildman–Crippen LogP) is 1.85. The quantitative estimate of drug-likeness (QED) is 0.473. The zero-order valence-corrected chi connectivity index (χ0v) is 17.8. The molecular weight excluding hydrogens is 372 g/mol. The van der Waals surface area contributed by atoms with Crippen LogP contribution in [0.1, 0.15) is 53.4 Å². The fourth-order valence-electron chi connectivity index (χ4n) is 3.36. The minimum Gasteiger partial charge on any atom is -0.393 e. The average molecular weight is 407 g/mol. The monoisotopic (exact) mass is 406 g/mol. The maximum atomic E-state index is 10.2. The van der Waals surface area contributed by atoms with Gasteiger partial charge in [-0.2, -0.15) is 0 Å². The Balaban J connectivity index is 0.000000580. The van der Waals surface area contributed by atoms with E-state index in [4.69, 9.17) is 13.6 Å². The van der Waals surface area contributed by atoms with Crippen molar-refractivity contribution in [3.05, 3.63) is 0 Å². The van der Waals surface area contributed by atoms with Gasteiger partial charge in [0.15, 0.2) is 0 Å². The molecule has 1 aliphatic rings. The number of urea groups is 3. The number of carbonyl (C=O) groups is 3. The van der Waals surface area contributed by atoms with Gasteiger partial charge in [-0.1, -0.05) is 19.8 Å². The van der Waals surface area contributed by atoms with Crippen LogP contribution in [-0.2, 0) is 13.6 Å². The zero-order chi connectivity index (χ0) is 20.9. The summed E-state index contributed by atoms with van der Waals surface area (Å²) in [6.07, 6.45) is 4.57. The molecule has 6 amide bonds. The van der Waals surface area contributed by atoms with E-state index in [0.29, 0.717) is 0 Å². The van der Waals surface area contributed by atoms with E-state index in [1.807, 2.05) is 0 Å². The topological polar surface area (TPSA) is 155 Å². The van der Waals surface area contributed by atoms with Crippen molar-refractivity contribution in [1.29, 1.82) is 0 Å². The largest absolute Gasteiger partial charge is 0.393 e. The Hall–Kier alpha value is -1.69. The first kappa shape index (κ1) is 25.3. The van der Waals surface area contributed by atoms with Gasteiger partial charge < -0.3 is 25.1 Å². The van der Waals surface area contributed by atoms with Crippen molar-refractivity contribution in [2.24, 2.45) is 11.5 Å². The van der Waals surface area contributed by atoms with Crippen LogP contribution in [0.5, 0.6) is 0 Å². The third-order valence-electron chi connectivity index (χ3n) is 4.25. The third kappa shape index (κ3) is 7.83. The van der Waals surface area contributed by atoms with Crippen molar-refractivity contribution in [3.63, 3.8) is 0 Å². The van der Waals surface area contributed by atoms with Gasteiger partial charge in [-0.15, -0.1) is 0 Å². The average Bonchev–Trinajstić information content (AvgIpc) is 2.57. The number of imide groups is 2. The predicted molar refractivity (Wildman–Crippen MR) is 103 cm³/mol. The van der Waals surface area contributed by atoms with Gasteiger partial charge in [0.2, 0.25) is 0 Å². The SMILES string of the molecule is CCOC1(CC)CCCC[Si]1(OCC)OCC.NC(=O)NC(=O)NC(N)=O. The Morgan fingerprint density at radius 1 is 0.926 bits per heavy atom. The number of rotatable bonds is 7. The molecule has 1 atom stereocenters. The maximum Gasteiger partial charge on any atom is 0.371 e. The summed E-state index contributed by atoms with van der Waals surface area (Å²) >= 11 is 0. The summed E-state index contributed by atoms with van der Waals surface area (Å²) in [5.74, 6) is 0. The van der Waals surface area contributed by atoms with Crippen LogP contribution < -0.4 is 22.1 Å². The second-order valence-electron chi connectivity index (χ2n) is 5.91. The number of carbonyl (C=O) groups excluding carboxylic acids is 3. The van der Waals surface area contributed by atoms with Crippen LogP contribution in [0.15, 0.2) is 0 Å². The molecule has 1 fully saturated rings. The molecule has 1 aliphatic heterocycles. The number of nitrogens with one attached hydrogen (secondary N) is 2. The number of amides is 6. The highest BCUT2D eigenvalue weighted by Gasteiger charge is 2.58. The van der Waals surface area contributed by atoms with Crippen molar-refractivity contribution < 1.29 is 28.0 Å². The normalized spacial score (nSPS) is 20.7. The molecule has 0 spiro atoms. The maximum absolute atomic E-state index is 10.2. The molecule has 0 saturated carbocycles. The van der Waals surface area contributed by atoms with E-state index in [1.54, 1.807) is 10.6 Å². The van der Waals surface area contributed by atoms with E-state index >= 15 is 0 Å². The number of nitrogens with two attached hydrogens (primary N) is 2. The third-order valence-corrected chi connectivity index (χ3v) is 8.91. The van der Waals surface area contributed by atoms with Crippen molar-refractivity contribution in [2.45, 2.75) is 64.6 Å². The van der Waals surface area contributed by atoms with Gasteiger partial charge in [-0.3, -0.25) is 10.6 Å². The van der Waals surface area contributed by atoms with Gasteiger partial charge in [0.05, 0.1) is 0 Å². The molecule has 1 rings (SSSR count). The van der Waals surface area contributed by atoms with E-state index in [-0.39, 0.29) is 5.22 Å². The van der Waals surface area contributed by atoms with Crippen LogP contribution >= 0.6 is 0 Å². The summed E-state index contributed by atoms with van der Waals surface area (Å²) in [5.41, 5.74) is 9.01. The molecule has 1 heterocycles. The second kappa shape index (κ2) is 12.7. The van der Waals surface area contributed by atoms with Gasteiger partial charge in [0.1, 0.15) is 5.22 Å². The van der Waals surface area contributed by atoms with Crippen molar-refractivity contribution in [2.75, 3.05) is 19.8 Å². The number of primary amides is 2.